The van der Waals surface area contributed by atoms with E-state index >= 15 is 0 Å². The fraction of sp³-hybridized carbons (Fsp3) is 0.261. The quantitative estimate of drug-likeness (QED) is 0.515. The van der Waals surface area contributed by atoms with Crippen molar-refractivity contribution >= 4 is 27.3 Å². The summed E-state index contributed by atoms with van der Waals surface area (Å²) in [6.07, 6.45) is 2.02. The molecule has 0 saturated heterocycles. The molecule has 32 heavy (non-hydrogen) atoms. The number of nitrogens with zero attached hydrogens (tertiary/aromatic N) is 2. The van der Waals surface area contributed by atoms with Crippen LogP contribution in [0.5, 0.6) is 0 Å². The van der Waals surface area contributed by atoms with Gasteiger partial charge in [-0.3, -0.25) is 4.79 Å². The van der Waals surface area contributed by atoms with Gasteiger partial charge in [0.05, 0.1) is 11.2 Å². The Kier molecular flexibility index (Phi) is 7.32. The van der Waals surface area contributed by atoms with Gasteiger partial charge in [0.25, 0.3) is 5.91 Å². The van der Waals surface area contributed by atoms with Gasteiger partial charge in [-0.15, -0.1) is 0 Å². The Morgan fingerprint density at radius 1 is 1.09 bits per heavy atom. The van der Waals surface area contributed by atoms with Crippen molar-refractivity contribution < 1.29 is 22.0 Å². The Bertz CT molecular complexity index is 1160. The molecule has 2 aromatic carbocycles. The fourth-order valence-corrected chi connectivity index (χ4v) is 4.82. The van der Waals surface area contributed by atoms with Gasteiger partial charge in [0.15, 0.2) is 5.76 Å². The minimum atomic E-state index is -3.85. The Morgan fingerprint density at radius 3 is 2.41 bits per heavy atom. The summed E-state index contributed by atoms with van der Waals surface area (Å²) in [7, 11) is -0.127. The summed E-state index contributed by atoms with van der Waals surface area (Å²) in [5.74, 6) is -0.724. The zero-order chi connectivity index (χ0) is 23.3. The summed E-state index contributed by atoms with van der Waals surface area (Å²) in [6, 6.07) is 13.3. The van der Waals surface area contributed by atoms with E-state index in [0.29, 0.717) is 17.7 Å². The summed E-state index contributed by atoms with van der Waals surface area (Å²) in [6.45, 7) is 2.27. The first-order chi connectivity index (χ1) is 15.2. The predicted molar refractivity (Wildman–Crippen MR) is 122 cm³/mol. The van der Waals surface area contributed by atoms with Crippen LogP contribution in [0.3, 0.4) is 0 Å². The number of halogens is 1. The van der Waals surface area contributed by atoms with Crippen LogP contribution in [0.25, 0.3) is 0 Å². The Morgan fingerprint density at radius 2 is 1.81 bits per heavy atom. The summed E-state index contributed by atoms with van der Waals surface area (Å²) >= 11 is 0. The number of carbonyl (C=O) groups excluding carboxylic acids is 1. The Balaban J connectivity index is 1.93. The van der Waals surface area contributed by atoms with Gasteiger partial charge in [0.2, 0.25) is 10.0 Å². The number of nitrogens with one attached hydrogen (secondary N) is 1. The topological polar surface area (TPSA) is 82.9 Å². The number of sulfonamides is 1. The zero-order valence-electron chi connectivity index (χ0n) is 18.2. The standard InChI is InChI=1S/C23H26FN3O4S/c1-4-13-27(32(29,30)20-10-7-18(24)8-11-20)16-17-15-19(9-12-21(17)26(2)3)25-23(28)22-6-5-14-31-22/h5-12,14-15H,4,13,16H2,1-3H3,(H,25,28). The van der Waals surface area contributed by atoms with Crippen molar-refractivity contribution in [1.82, 2.24) is 4.31 Å². The number of carbonyl (C=O) groups is 1. The third kappa shape index (κ3) is 5.35. The van der Waals surface area contributed by atoms with Gasteiger partial charge in [-0.2, -0.15) is 4.31 Å². The van der Waals surface area contributed by atoms with E-state index in [2.05, 4.69) is 5.32 Å². The van der Waals surface area contributed by atoms with E-state index in [1.807, 2.05) is 32.0 Å². The lowest BCUT2D eigenvalue weighted by atomic mass is 10.1. The number of amides is 1. The van der Waals surface area contributed by atoms with Crippen molar-refractivity contribution in [2.24, 2.45) is 0 Å². The highest BCUT2D eigenvalue weighted by molar-refractivity contribution is 7.89. The van der Waals surface area contributed by atoms with Gasteiger partial charge < -0.3 is 14.6 Å². The van der Waals surface area contributed by atoms with E-state index in [4.69, 9.17) is 4.42 Å². The molecule has 0 radical (unpaired) electrons. The molecule has 0 fully saturated rings. The highest BCUT2D eigenvalue weighted by Crippen LogP contribution is 2.27. The lowest BCUT2D eigenvalue weighted by Crippen LogP contribution is -2.32. The van der Waals surface area contributed by atoms with Crippen LogP contribution in [0.1, 0.15) is 29.5 Å². The number of benzene rings is 2. The molecule has 0 bridgehead atoms. The highest BCUT2D eigenvalue weighted by atomic mass is 32.2. The van der Waals surface area contributed by atoms with Crippen molar-refractivity contribution in [1.29, 1.82) is 0 Å². The highest BCUT2D eigenvalue weighted by Gasteiger charge is 2.25. The zero-order valence-corrected chi connectivity index (χ0v) is 19.0. The average Bonchev–Trinajstić information content (AvgIpc) is 3.29. The Labute approximate surface area is 187 Å². The number of rotatable bonds is 9. The van der Waals surface area contributed by atoms with Crippen molar-refractivity contribution in [3.8, 4) is 0 Å². The van der Waals surface area contributed by atoms with E-state index in [1.165, 1.54) is 22.7 Å². The molecule has 9 heteroatoms. The van der Waals surface area contributed by atoms with E-state index < -0.39 is 21.7 Å². The maximum atomic E-state index is 13.3. The van der Waals surface area contributed by atoms with Crippen LogP contribution in [-0.4, -0.2) is 39.3 Å². The third-order valence-electron chi connectivity index (χ3n) is 4.84. The van der Waals surface area contributed by atoms with Gasteiger partial charge in [-0.25, -0.2) is 12.8 Å². The van der Waals surface area contributed by atoms with Gasteiger partial charge in [0.1, 0.15) is 5.82 Å². The van der Waals surface area contributed by atoms with Crippen LogP contribution >= 0.6 is 0 Å². The number of hydrogen-bond acceptors (Lipinski definition) is 5. The molecular formula is C23H26FN3O4S. The second kappa shape index (κ2) is 9.97. The van der Waals surface area contributed by atoms with Gasteiger partial charge in [0, 0.05) is 38.6 Å². The second-order valence-corrected chi connectivity index (χ2v) is 9.40. The van der Waals surface area contributed by atoms with Crippen molar-refractivity contribution in [3.63, 3.8) is 0 Å². The van der Waals surface area contributed by atoms with Crippen molar-refractivity contribution in [3.05, 3.63) is 78.0 Å². The van der Waals surface area contributed by atoms with Crippen molar-refractivity contribution in [2.75, 3.05) is 30.9 Å². The lowest BCUT2D eigenvalue weighted by Gasteiger charge is -2.25. The monoisotopic (exact) mass is 459 g/mol. The summed E-state index contributed by atoms with van der Waals surface area (Å²) in [5, 5.41) is 2.77. The fourth-order valence-electron chi connectivity index (χ4n) is 3.31. The molecule has 0 unspecified atom stereocenters. The molecule has 3 aromatic rings. The molecular weight excluding hydrogens is 433 g/mol. The second-order valence-electron chi connectivity index (χ2n) is 7.46. The molecule has 0 spiro atoms. The summed E-state index contributed by atoms with van der Waals surface area (Å²) < 4.78 is 46.3. The minimum absolute atomic E-state index is 0.0287. The molecule has 0 aliphatic carbocycles. The summed E-state index contributed by atoms with van der Waals surface area (Å²) in [5.41, 5.74) is 2.05. The maximum Gasteiger partial charge on any atom is 0.291 e. The first kappa shape index (κ1) is 23.5. The molecule has 170 valence electrons. The average molecular weight is 460 g/mol. The van der Waals surface area contributed by atoms with Gasteiger partial charge in [-0.1, -0.05) is 6.92 Å². The normalized spacial score (nSPS) is 11.5. The number of furan rings is 1. The first-order valence-electron chi connectivity index (χ1n) is 10.1. The van der Waals surface area contributed by atoms with E-state index in [1.54, 1.807) is 24.3 Å². The maximum absolute atomic E-state index is 13.3. The van der Waals surface area contributed by atoms with Gasteiger partial charge in [-0.05, 0) is 66.6 Å². The molecule has 1 heterocycles. The molecule has 0 atom stereocenters. The first-order valence-corrected chi connectivity index (χ1v) is 11.6. The third-order valence-corrected chi connectivity index (χ3v) is 6.69. The predicted octanol–water partition coefficient (Wildman–Crippen LogP) is 4.34. The van der Waals surface area contributed by atoms with Crippen molar-refractivity contribution in [2.45, 2.75) is 24.8 Å². The molecule has 0 aliphatic rings. The van der Waals surface area contributed by atoms with E-state index in [9.17, 15) is 17.6 Å². The van der Waals surface area contributed by atoms with Gasteiger partial charge >= 0.3 is 0 Å². The van der Waals surface area contributed by atoms with Crippen LogP contribution in [0.2, 0.25) is 0 Å². The Hall–Kier alpha value is -3.17. The van der Waals surface area contributed by atoms with Crippen LogP contribution in [0.15, 0.2) is 70.2 Å². The smallest absolute Gasteiger partial charge is 0.291 e. The van der Waals surface area contributed by atoms with E-state index in [0.717, 1.165) is 17.8 Å². The molecule has 3 rings (SSSR count). The molecule has 0 aliphatic heterocycles. The van der Waals surface area contributed by atoms with Crippen LogP contribution in [0, 0.1) is 5.82 Å². The minimum Gasteiger partial charge on any atom is -0.459 e. The molecule has 0 saturated carbocycles. The largest absolute Gasteiger partial charge is 0.459 e. The summed E-state index contributed by atoms with van der Waals surface area (Å²) in [4.78, 5) is 14.3. The van der Waals surface area contributed by atoms with Crippen LogP contribution < -0.4 is 10.2 Å². The van der Waals surface area contributed by atoms with Crippen LogP contribution in [-0.2, 0) is 16.6 Å². The van der Waals surface area contributed by atoms with Crippen LogP contribution in [0.4, 0.5) is 15.8 Å². The van der Waals surface area contributed by atoms with E-state index in [-0.39, 0.29) is 23.7 Å². The number of anilines is 2. The molecule has 1 amide bonds. The molecule has 1 aromatic heterocycles. The SMILES string of the molecule is CCCN(Cc1cc(NC(=O)c2ccco2)ccc1N(C)C)S(=O)(=O)c1ccc(F)cc1. The molecule has 1 N–H and O–H groups in total. The lowest BCUT2D eigenvalue weighted by molar-refractivity contribution is 0.0996. The number of hydrogen-bond donors (Lipinski definition) is 1. The molecule has 7 nitrogen and oxygen atoms in total.